The maximum atomic E-state index is 14.2. The van der Waals surface area contributed by atoms with Crippen molar-refractivity contribution in [2.75, 3.05) is 24.3 Å². The first kappa shape index (κ1) is 39.3. The number of carbonyl (C=O) groups excluding carboxylic acids is 5. The number of thiophene rings is 1. The van der Waals surface area contributed by atoms with Crippen molar-refractivity contribution in [1.82, 2.24) is 10.2 Å². The van der Waals surface area contributed by atoms with Crippen LogP contribution in [0.3, 0.4) is 0 Å². The number of amides is 4. The van der Waals surface area contributed by atoms with Gasteiger partial charge in [0.05, 0.1) is 19.2 Å². The molecule has 0 bridgehead atoms. The largest absolute Gasteiger partial charge is 0.465 e. The third-order valence-corrected chi connectivity index (χ3v) is 11.5. The Morgan fingerprint density at radius 3 is 2.31 bits per heavy atom. The summed E-state index contributed by atoms with van der Waals surface area (Å²) in [6, 6.07) is 29.4. The topological polar surface area (TPSA) is 134 Å². The van der Waals surface area contributed by atoms with Crippen molar-refractivity contribution in [3.05, 3.63) is 152 Å². The number of ether oxygens (including phenoxy) is 1. The fourth-order valence-electron chi connectivity index (χ4n) is 5.85. The van der Waals surface area contributed by atoms with Gasteiger partial charge in [-0.1, -0.05) is 83.9 Å². The molecule has 5 aromatic rings. The predicted molar refractivity (Wildman–Crippen MR) is 218 cm³/mol. The van der Waals surface area contributed by atoms with Gasteiger partial charge in [0, 0.05) is 44.5 Å². The highest BCUT2D eigenvalue weighted by Gasteiger charge is 2.32. The van der Waals surface area contributed by atoms with Crippen molar-refractivity contribution in [2.45, 2.75) is 30.0 Å². The highest BCUT2D eigenvalue weighted by atomic mass is 35.5. The van der Waals surface area contributed by atoms with E-state index < -0.39 is 23.0 Å². The SMILES string of the molecule is COC(=O)c1c(NC(=O)C(Sc2cccc(NC(=O)/C(=C\c3ccc(Cl)cc3Cl)NC(=O)c3ccccc3)c2)c2ccccc2)sc2c1CCN(C(C)=O)C2. The van der Waals surface area contributed by atoms with Crippen LogP contribution in [-0.4, -0.2) is 48.2 Å². The first-order chi connectivity index (χ1) is 26.5. The summed E-state index contributed by atoms with van der Waals surface area (Å²) < 4.78 is 5.10. The Hall–Kier alpha value is -5.40. The summed E-state index contributed by atoms with van der Waals surface area (Å²) in [5.74, 6) is -2.13. The molecule has 1 aliphatic heterocycles. The molecule has 1 aromatic heterocycles. The predicted octanol–water partition coefficient (Wildman–Crippen LogP) is 8.63. The molecular weight excluding hydrogens is 780 g/mol. The van der Waals surface area contributed by atoms with Gasteiger partial charge in [-0.25, -0.2) is 4.79 Å². The molecule has 55 heavy (non-hydrogen) atoms. The molecule has 2 heterocycles. The molecule has 1 unspecified atom stereocenters. The summed E-state index contributed by atoms with van der Waals surface area (Å²) in [7, 11) is 1.29. The Labute approximate surface area is 335 Å². The number of nitrogens with zero attached hydrogens (tertiary/aromatic N) is 1. The Balaban J connectivity index is 1.26. The van der Waals surface area contributed by atoms with E-state index in [4.69, 9.17) is 27.9 Å². The van der Waals surface area contributed by atoms with E-state index in [1.165, 1.54) is 49.3 Å². The minimum atomic E-state index is -0.779. The molecule has 1 atom stereocenters. The average molecular weight is 814 g/mol. The van der Waals surface area contributed by atoms with Crippen LogP contribution in [0.15, 0.2) is 114 Å². The maximum Gasteiger partial charge on any atom is 0.341 e. The molecule has 4 aromatic carbocycles. The molecular formula is C41H34Cl2N4O6S2. The van der Waals surface area contributed by atoms with Crippen LogP contribution in [-0.2, 0) is 32.1 Å². The number of hydrogen-bond acceptors (Lipinski definition) is 8. The van der Waals surface area contributed by atoms with E-state index in [-0.39, 0.29) is 22.5 Å². The van der Waals surface area contributed by atoms with Crippen molar-refractivity contribution >= 4 is 92.7 Å². The molecule has 0 fully saturated rings. The molecule has 10 nitrogen and oxygen atoms in total. The second kappa shape index (κ2) is 17.8. The zero-order valence-electron chi connectivity index (χ0n) is 29.6. The third-order valence-electron chi connectivity index (χ3n) is 8.61. The molecule has 14 heteroatoms. The smallest absolute Gasteiger partial charge is 0.341 e. The number of thioether (sulfide) groups is 1. The number of anilines is 2. The first-order valence-corrected chi connectivity index (χ1v) is 19.4. The van der Waals surface area contributed by atoms with Gasteiger partial charge < -0.3 is 25.6 Å². The second-order valence-electron chi connectivity index (χ2n) is 12.3. The molecule has 0 radical (unpaired) electrons. The summed E-state index contributed by atoms with van der Waals surface area (Å²) in [6.07, 6.45) is 1.92. The van der Waals surface area contributed by atoms with E-state index in [0.717, 1.165) is 10.4 Å². The lowest BCUT2D eigenvalue weighted by atomic mass is 10.0. The molecule has 3 N–H and O–H groups in total. The van der Waals surface area contributed by atoms with Gasteiger partial charge in [-0.2, -0.15) is 0 Å². The lowest BCUT2D eigenvalue weighted by molar-refractivity contribution is -0.129. The zero-order valence-corrected chi connectivity index (χ0v) is 32.7. The molecule has 280 valence electrons. The fourth-order valence-corrected chi connectivity index (χ4v) is 8.66. The Bertz CT molecular complexity index is 2300. The number of halogens is 2. The van der Waals surface area contributed by atoms with Crippen LogP contribution in [0.1, 0.15) is 54.5 Å². The van der Waals surface area contributed by atoms with Crippen LogP contribution in [0.25, 0.3) is 6.08 Å². The summed E-state index contributed by atoms with van der Waals surface area (Å²) in [4.78, 5) is 69.4. The normalized spacial score (nSPS) is 12.9. The number of nitrogens with one attached hydrogen (secondary N) is 3. The van der Waals surface area contributed by atoms with Gasteiger partial charge in [-0.3, -0.25) is 19.2 Å². The Morgan fingerprint density at radius 1 is 0.891 bits per heavy atom. The number of benzene rings is 4. The van der Waals surface area contributed by atoms with E-state index in [1.54, 1.807) is 65.6 Å². The number of rotatable bonds is 11. The molecule has 0 saturated carbocycles. The van der Waals surface area contributed by atoms with Crippen molar-refractivity contribution in [2.24, 2.45) is 0 Å². The quantitative estimate of drug-likeness (QED) is 0.0691. The lowest BCUT2D eigenvalue weighted by Crippen LogP contribution is -2.33. The van der Waals surface area contributed by atoms with E-state index in [0.29, 0.717) is 62.4 Å². The van der Waals surface area contributed by atoms with E-state index in [9.17, 15) is 24.0 Å². The Kier molecular flexibility index (Phi) is 12.7. The van der Waals surface area contributed by atoms with Gasteiger partial charge in [-0.15, -0.1) is 23.1 Å². The van der Waals surface area contributed by atoms with Crippen LogP contribution in [0.5, 0.6) is 0 Å². The van der Waals surface area contributed by atoms with Gasteiger partial charge in [-0.05, 0) is 71.7 Å². The number of methoxy groups -OCH3 is 1. The number of esters is 1. The zero-order chi connectivity index (χ0) is 39.1. The van der Waals surface area contributed by atoms with Crippen LogP contribution in [0, 0.1) is 0 Å². The first-order valence-electron chi connectivity index (χ1n) is 17.0. The monoisotopic (exact) mass is 812 g/mol. The van der Waals surface area contributed by atoms with E-state index >= 15 is 0 Å². The number of fused-ring (bicyclic) bond motifs is 1. The lowest BCUT2D eigenvalue weighted by Gasteiger charge is -2.25. The highest BCUT2D eigenvalue weighted by Crippen LogP contribution is 2.41. The summed E-state index contributed by atoms with van der Waals surface area (Å²) in [5.41, 5.74) is 2.92. The van der Waals surface area contributed by atoms with Gasteiger partial charge in [0.15, 0.2) is 0 Å². The van der Waals surface area contributed by atoms with Crippen LogP contribution in [0.4, 0.5) is 10.7 Å². The highest BCUT2D eigenvalue weighted by molar-refractivity contribution is 8.00. The fraction of sp³-hybridized carbons (Fsp3) is 0.146. The molecule has 6 rings (SSSR count). The number of hydrogen-bond donors (Lipinski definition) is 3. The molecule has 0 saturated heterocycles. The average Bonchev–Trinajstić information content (AvgIpc) is 3.55. The van der Waals surface area contributed by atoms with Crippen molar-refractivity contribution in [3.63, 3.8) is 0 Å². The molecule has 0 spiro atoms. The van der Waals surface area contributed by atoms with Crippen molar-refractivity contribution in [3.8, 4) is 0 Å². The minimum Gasteiger partial charge on any atom is -0.465 e. The second-order valence-corrected chi connectivity index (χ2v) is 15.4. The van der Waals surface area contributed by atoms with Crippen LogP contribution < -0.4 is 16.0 Å². The minimum absolute atomic E-state index is 0.0656. The standard InChI is InChI=1S/C41H34Cl2N4O6S2/c1-24(48)47-19-18-31-34(23-47)55-40(35(31)41(52)53-2)46-39(51)36(25-10-5-3-6-11-25)54-30-15-9-14-29(22-30)44-38(50)33(20-27-16-17-28(42)21-32(27)43)45-37(49)26-12-7-4-8-13-26/h3-17,20-22,36H,18-19,23H2,1-2H3,(H,44,50)(H,45,49)(H,46,51)/b33-20+. The number of carbonyl (C=O) groups is 5. The van der Waals surface area contributed by atoms with Crippen molar-refractivity contribution in [1.29, 1.82) is 0 Å². The van der Waals surface area contributed by atoms with Crippen LogP contribution >= 0.6 is 46.3 Å². The van der Waals surface area contributed by atoms with Gasteiger partial charge in [0.25, 0.3) is 11.8 Å². The summed E-state index contributed by atoms with van der Waals surface area (Å²) >= 11 is 15.0. The molecule has 4 amide bonds. The van der Waals surface area contributed by atoms with E-state index in [1.807, 2.05) is 36.4 Å². The van der Waals surface area contributed by atoms with Gasteiger partial charge in [0.1, 0.15) is 15.9 Å². The van der Waals surface area contributed by atoms with Crippen LogP contribution in [0.2, 0.25) is 10.0 Å². The summed E-state index contributed by atoms with van der Waals surface area (Å²) in [6.45, 7) is 2.29. The summed E-state index contributed by atoms with van der Waals surface area (Å²) in [5, 5.41) is 8.82. The molecule has 0 aliphatic carbocycles. The third kappa shape index (κ3) is 9.65. The van der Waals surface area contributed by atoms with Gasteiger partial charge in [0.2, 0.25) is 11.8 Å². The van der Waals surface area contributed by atoms with Gasteiger partial charge >= 0.3 is 5.97 Å². The Morgan fingerprint density at radius 2 is 1.62 bits per heavy atom. The van der Waals surface area contributed by atoms with Crippen molar-refractivity contribution < 1.29 is 28.7 Å². The van der Waals surface area contributed by atoms with E-state index in [2.05, 4.69) is 16.0 Å². The maximum absolute atomic E-state index is 14.2. The molecule has 1 aliphatic rings.